The average Bonchev–Trinajstić information content (AvgIpc) is 2.77. The van der Waals surface area contributed by atoms with Crippen LogP contribution in [0, 0.1) is 0 Å². The van der Waals surface area contributed by atoms with E-state index in [2.05, 4.69) is 9.97 Å². The van der Waals surface area contributed by atoms with Crippen molar-refractivity contribution in [3.05, 3.63) is 39.6 Å². The monoisotopic (exact) mass is 228 g/mol. The van der Waals surface area contributed by atoms with Crippen LogP contribution in [0.15, 0.2) is 23.8 Å². The van der Waals surface area contributed by atoms with E-state index in [9.17, 15) is 5.11 Å². The molecule has 0 saturated heterocycles. The van der Waals surface area contributed by atoms with E-state index in [1.807, 2.05) is 11.4 Å². The van der Waals surface area contributed by atoms with Crippen LogP contribution in [0.5, 0.6) is 0 Å². The Morgan fingerprint density at radius 2 is 2.50 bits per heavy atom. The maximum Gasteiger partial charge on any atom is 0.135 e. The van der Waals surface area contributed by atoms with Gasteiger partial charge in [-0.1, -0.05) is 11.6 Å². The predicted molar refractivity (Wildman–Crippen MR) is 56.6 cm³/mol. The second kappa shape index (κ2) is 4.13. The van der Waals surface area contributed by atoms with Crippen molar-refractivity contribution in [2.24, 2.45) is 0 Å². The van der Waals surface area contributed by atoms with Crippen molar-refractivity contribution in [3.8, 4) is 0 Å². The van der Waals surface area contributed by atoms with Crippen molar-refractivity contribution in [2.75, 3.05) is 0 Å². The molecule has 74 valence electrons. The highest BCUT2D eigenvalue weighted by Crippen LogP contribution is 2.26. The molecule has 0 amide bonds. The van der Waals surface area contributed by atoms with E-state index in [1.165, 1.54) is 0 Å². The fraction of sp³-hybridized carbons (Fsp3) is 0.222. The SMILES string of the molecule is OC(Cc1sccc1Cl)c1ncc[nH]1. The van der Waals surface area contributed by atoms with Crippen molar-refractivity contribution >= 4 is 22.9 Å². The highest BCUT2D eigenvalue weighted by Gasteiger charge is 2.13. The Bertz CT molecular complexity index is 399. The molecule has 3 nitrogen and oxygen atoms in total. The number of aliphatic hydroxyl groups is 1. The molecule has 0 spiro atoms. The van der Waals surface area contributed by atoms with Crippen molar-refractivity contribution in [2.45, 2.75) is 12.5 Å². The van der Waals surface area contributed by atoms with Crippen molar-refractivity contribution < 1.29 is 5.11 Å². The topological polar surface area (TPSA) is 48.9 Å². The molecule has 1 unspecified atom stereocenters. The highest BCUT2D eigenvalue weighted by molar-refractivity contribution is 7.10. The summed E-state index contributed by atoms with van der Waals surface area (Å²) in [7, 11) is 0. The maximum atomic E-state index is 9.76. The minimum Gasteiger partial charge on any atom is -0.385 e. The summed E-state index contributed by atoms with van der Waals surface area (Å²) in [6.07, 6.45) is 3.20. The number of hydrogen-bond acceptors (Lipinski definition) is 3. The number of nitrogens with zero attached hydrogens (tertiary/aromatic N) is 1. The summed E-state index contributed by atoms with van der Waals surface area (Å²) in [4.78, 5) is 7.83. The van der Waals surface area contributed by atoms with Gasteiger partial charge in [0.2, 0.25) is 0 Å². The first-order valence-corrected chi connectivity index (χ1v) is 5.42. The molecular weight excluding hydrogens is 220 g/mol. The largest absolute Gasteiger partial charge is 0.385 e. The Kier molecular flexibility index (Phi) is 2.86. The van der Waals surface area contributed by atoms with Gasteiger partial charge >= 0.3 is 0 Å². The number of aromatic nitrogens is 2. The van der Waals surface area contributed by atoms with Gasteiger partial charge in [-0.05, 0) is 11.4 Å². The number of halogens is 1. The van der Waals surface area contributed by atoms with Gasteiger partial charge in [-0.2, -0.15) is 0 Å². The van der Waals surface area contributed by atoms with Crippen LogP contribution in [-0.4, -0.2) is 15.1 Å². The molecule has 0 aromatic carbocycles. The minimum absolute atomic E-state index is 0.504. The molecule has 0 saturated carbocycles. The highest BCUT2D eigenvalue weighted by atomic mass is 35.5. The zero-order chi connectivity index (χ0) is 9.97. The first kappa shape index (κ1) is 9.71. The fourth-order valence-electron chi connectivity index (χ4n) is 1.20. The normalized spacial score (nSPS) is 13.0. The molecule has 2 rings (SSSR count). The van der Waals surface area contributed by atoms with Crippen LogP contribution in [-0.2, 0) is 6.42 Å². The zero-order valence-corrected chi connectivity index (χ0v) is 8.85. The number of imidazole rings is 1. The molecule has 2 aromatic rings. The summed E-state index contributed by atoms with van der Waals surface area (Å²) < 4.78 is 0. The zero-order valence-electron chi connectivity index (χ0n) is 7.27. The summed E-state index contributed by atoms with van der Waals surface area (Å²) in [5.74, 6) is 0.578. The number of hydrogen-bond donors (Lipinski definition) is 2. The number of H-pyrrole nitrogens is 1. The van der Waals surface area contributed by atoms with E-state index < -0.39 is 6.10 Å². The third-order valence-electron chi connectivity index (χ3n) is 1.90. The van der Waals surface area contributed by atoms with Crippen LogP contribution in [0.1, 0.15) is 16.8 Å². The molecule has 0 radical (unpaired) electrons. The lowest BCUT2D eigenvalue weighted by atomic mass is 10.2. The second-order valence-electron chi connectivity index (χ2n) is 2.89. The first-order chi connectivity index (χ1) is 6.77. The van der Waals surface area contributed by atoms with E-state index >= 15 is 0 Å². The predicted octanol–water partition coefficient (Wildman–Crippen LogP) is 2.40. The molecule has 2 heterocycles. The van der Waals surface area contributed by atoms with Crippen LogP contribution in [0.2, 0.25) is 5.02 Å². The Hall–Kier alpha value is -0.840. The van der Waals surface area contributed by atoms with Gasteiger partial charge < -0.3 is 10.1 Å². The second-order valence-corrected chi connectivity index (χ2v) is 4.29. The standard InChI is InChI=1S/C9H9ClN2OS/c10-6-1-4-14-8(6)5-7(13)9-11-2-3-12-9/h1-4,7,13H,5H2,(H,11,12). The van der Waals surface area contributed by atoms with Crippen molar-refractivity contribution in [1.82, 2.24) is 9.97 Å². The molecule has 0 fully saturated rings. The molecule has 0 aliphatic heterocycles. The van der Waals surface area contributed by atoms with Crippen LogP contribution >= 0.6 is 22.9 Å². The molecule has 2 N–H and O–H groups in total. The van der Waals surface area contributed by atoms with Crippen LogP contribution < -0.4 is 0 Å². The number of rotatable bonds is 3. The molecule has 0 bridgehead atoms. The molecular formula is C9H9ClN2OS. The molecule has 14 heavy (non-hydrogen) atoms. The van der Waals surface area contributed by atoms with Crippen LogP contribution in [0.25, 0.3) is 0 Å². The Labute approximate surface area is 90.4 Å². The smallest absolute Gasteiger partial charge is 0.135 e. The quantitative estimate of drug-likeness (QED) is 0.848. The number of aromatic amines is 1. The van der Waals surface area contributed by atoms with Gasteiger partial charge in [0.25, 0.3) is 0 Å². The Morgan fingerprint density at radius 3 is 3.07 bits per heavy atom. The van der Waals surface area contributed by atoms with E-state index in [1.54, 1.807) is 23.7 Å². The Morgan fingerprint density at radius 1 is 1.64 bits per heavy atom. The average molecular weight is 229 g/mol. The summed E-state index contributed by atoms with van der Waals surface area (Å²) in [5, 5.41) is 12.4. The summed E-state index contributed by atoms with van der Waals surface area (Å²) in [6, 6.07) is 1.83. The minimum atomic E-state index is -0.610. The number of nitrogens with one attached hydrogen (secondary N) is 1. The summed E-state index contributed by atoms with van der Waals surface area (Å²) in [5.41, 5.74) is 0. The van der Waals surface area contributed by atoms with Crippen molar-refractivity contribution in [3.63, 3.8) is 0 Å². The maximum absolute atomic E-state index is 9.76. The van der Waals surface area contributed by atoms with Crippen LogP contribution in [0.3, 0.4) is 0 Å². The van der Waals surface area contributed by atoms with E-state index in [4.69, 9.17) is 11.6 Å². The van der Waals surface area contributed by atoms with Crippen molar-refractivity contribution in [1.29, 1.82) is 0 Å². The van der Waals surface area contributed by atoms with Gasteiger partial charge in [-0.3, -0.25) is 0 Å². The van der Waals surface area contributed by atoms with Gasteiger partial charge in [0, 0.05) is 23.7 Å². The van der Waals surface area contributed by atoms with Gasteiger partial charge in [-0.15, -0.1) is 11.3 Å². The third-order valence-corrected chi connectivity index (χ3v) is 3.31. The lowest BCUT2D eigenvalue weighted by Gasteiger charge is -2.05. The lowest BCUT2D eigenvalue weighted by Crippen LogP contribution is -2.02. The summed E-state index contributed by atoms with van der Waals surface area (Å²) in [6.45, 7) is 0. The van der Waals surface area contributed by atoms with Crippen LogP contribution in [0.4, 0.5) is 0 Å². The van der Waals surface area contributed by atoms with Gasteiger partial charge in [0.05, 0.1) is 5.02 Å². The fourth-order valence-corrected chi connectivity index (χ4v) is 2.35. The van der Waals surface area contributed by atoms with Gasteiger partial charge in [0.15, 0.2) is 0 Å². The van der Waals surface area contributed by atoms with E-state index in [0.717, 1.165) is 4.88 Å². The molecule has 0 aliphatic carbocycles. The van der Waals surface area contributed by atoms with E-state index in [-0.39, 0.29) is 0 Å². The molecule has 5 heteroatoms. The lowest BCUT2D eigenvalue weighted by molar-refractivity contribution is 0.170. The Balaban J connectivity index is 2.09. The number of thiophene rings is 1. The first-order valence-electron chi connectivity index (χ1n) is 4.16. The molecule has 0 aliphatic rings. The molecule has 1 atom stereocenters. The summed E-state index contributed by atoms with van der Waals surface area (Å²) >= 11 is 7.46. The van der Waals surface area contributed by atoms with Gasteiger partial charge in [-0.25, -0.2) is 4.98 Å². The molecule has 2 aromatic heterocycles. The van der Waals surface area contributed by atoms with E-state index in [0.29, 0.717) is 17.3 Å². The number of aliphatic hydroxyl groups excluding tert-OH is 1. The van der Waals surface area contributed by atoms with Gasteiger partial charge in [0.1, 0.15) is 11.9 Å². The third kappa shape index (κ3) is 1.97.